The summed E-state index contributed by atoms with van der Waals surface area (Å²) in [6, 6.07) is 9.25. The van der Waals surface area contributed by atoms with Gasteiger partial charge in [0.25, 0.3) is 0 Å². The van der Waals surface area contributed by atoms with E-state index >= 15 is 0 Å². The Balaban J connectivity index is 1.75. The van der Waals surface area contributed by atoms with Gasteiger partial charge in [-0.1, -0.05) is 25.5 Å². The summed E-state index contributed by atoms with van der Waals surface area (Å²) in [5.74, 6) is 0.872. The van der Waals surface area contributed by atoms with Crippen LogP contribution >= 0.6 is 0 Å². The van der Waals surface area contributed by atoms with E-state index in [0.717, 1.165) is 24.5 Å². The standard InChI is InChI=1S/C16H21NO/c1-2-17-15(13-4-3-5-13)10-12-6-7-14-8-9-18-16(14)11-12/h6-9,11,13,15,17H,2-5,10H2,1H3. The van der Waals surface area contributed by atoms with Crippen molar-refractivity contribution in [2.24, 2.45) is 5.92 Å². The lowest BCUT2D eigenvalue weighted by atomic mass is 9.77. The maximum absolute atomic E-state index is 5.48. The summed E-state index contributed by atoms with van der Waals surface area (Å²) in [6.45, 7) is 3.26. The van der Waals surface area contributed by atoms with Crippen LogP contribution in [0, 0.1) is 5.92 Å². The summed E-state index contributed by atoms with van der Waals surface area (Å²) in [4.78, 5) is 0. The fourth-order valence-electron chi connectivity index (χ4n) is 2.89. The first-order valence-corrected chi connectivity index (χ1v) is 7.06. The smallest absolute Gasteiger partial charge is 0.134 e. The number of likely N-dealkylation sites (N-methyl/N-ethyl adjacent to an activating group) is 1. The van der Waals surface area contributed by atoms with Gasteiger partial charge in [0.2, 0.25) is 0 Å². The summed E-state index contributed by atoms with van der Waals surface area (Å²) >= 11 is 0. The molecule has 0 amide bonds. The highest BCUT2D eigenvalue weighted by molar-refractivity contribution is 5.77. The van der Waals surface area contributed by atoms with E-state index in [1.807, 2.05) is 6.07 Å². The molecule has 1 aromatic heterocycles. The Morgan fingerprint density at radius 3 is 2.94 bits per heavy atom. The Kier molecular flexibility index (Phi) is 3.37. The van der Waals surface area contributed by atoms with Gasteiger partial charge in [-0.05, 0) is 49.4 Å². The second-order valence-corrected chi connectivity index (χ2v) is 5.35. The van der Waals surface area contributed by atoms with Crippen molar-refractivity contribution in [3.05, 3.63) is 36.1 Å². The highest BCUT2D eigenvalue weighted by atomic mass is 16.3. The van der Waals surface area contributed by atoms with Gasteiger partial charge in [0.05, 0.1) is 6.26 Å². The third-order valence-corrected chi connectivity index (χ3v) is 4.16. The summed E-state index contributed by atoms with van der Waals surface area (Å²) in [6.07, 6.45) is 7.07. The minimum Gasteiger partial charge on any atom is -0.464 e. The largest absolute Gasteiger partial charge is 0.464 e. The zero-order chi connectivity index (χ0) is 12.4. The van der Waals surface area contributed by atoms with Gasteiger partial charge in [0.15, 0.2) is 0 Å². The molecule has 2 nitrogen and oxygen atoms in total. The van der Waals surface area contributed by atoms with E-state index in [1.165, 1.54) is 30.2 Å². The van der Waals surface area contributed by atoms with Crippen LogP contribution in [0.25, 0.3) is 11.0 Å². The molecule has 1 saturated carbocycles. The molecule has 1 aliphatic rings. The average molecular weight is 243 g/mol. The molecular formula is C16H21NO. The normalized spacial score (nSPS) is 17.8. The number of fused-ring (bicyclic) bond motifs is 1. The van der Waals surface area contributed by atoms with Gasteiger partial charge in [-0.25, -0.2) is 0 Å². The van der Waals surface area contributed by atoms with Crippen LogP contribution in [0.4, 0.5) is 0 Å². The Labute approximate surface area is 108 Å². The number of benzene rings is 1. The van der Waals surface area contributed by atoms with Crippen molar-refractivity contribution in [3.8, 4) is 0 Å². The van der Waals surface area contributed by atoms with Crippen molar-refractivity contribution in [2.45, 2.75) is 38.6 Å². The topological polar surface area (TPSA) is 25.2 Å². The van der Waals surface area contributed by atoms with Crippen LogP contribution in [0.3, 0.4) is 0 Å². The van der Waals surface area contributed by atoms with Gasteiger partial charge >= 0.3 is 0 Å². The lowest BCUT2D eigenvalue weighted by Gasteiger charge is -2.34. The molecule has 1 aromatic carbocycles. The molecule has 1 N–H and O–H groups in total. The average Bonchev–Trinajstić information content (AvgIpc) is 2.74. The van der Waals surface area contributed by atoms with Gasteiger partial charge in [-0.15, -0.1) is 0 Å². The summed E-state index contributed by atoms with van der Waals surface area (Å²) in [7, 11) is 0. The van der Waals surface area contributed by atoms with Crippen molar-refractivity contribution in [2.75, 3.05) is 6.54 Å². The van der Waals surface area contributed by atoms with E-state index < -0.39 is 0 Å². The summed E-state index contributed by atoms with van der Waals surface area (Å²) < 4.78 is 5.48. The highest BCUT2D eigenvalue weighted by Crippen LogP contribution is 2.31. The van der Waals surface area contributed by atoms with E-state index in [-0.39, 0.29) is 0 Å². The van der Waals surface area contributed by atoms with Crippen LogP contribution in [-0.2, 0) is 6.42 Å². The lowest BCUT2D eigenvalue weighted by molar-refractivity contribution is 0.229. The molecule has 0 saturated heterocycles. The van der Waals surface area contributed by atoms with Crippen molar-refractivity contribution < 1.29 is 4.42 Å². The van der Waals surface area contributed by atoms with Gasteiger partial charge < -0.3 is 9.73 Å². The first-order valence-electron chi connectivity index (χ1n) is 7.06. The maximum atomic E-state index is 5.48. The van der Waals surface area contributed by atoms with E-state index in [9.17, 15) is 0 Å². The van der Waals surface area contributed by atoms with Crippen molar-refractivity contribution in [1.82, 2.24) is 5.32 Å². The van der Waals surface area contributed by atoms with Crippen molar-refractivity contribution in [3.63, 3.8) is 0 Å². The molecule has 1 heterocycles. The Bertz CT molecular complexity index is 513. The number of furan rings is 1. The number of rotatable bonds is 5. The van der Waals surface area contributed by atoms with Crippen LogP contribution in [-0.4, -0.2) is 12.6 Å². The summed E-state index contributed by atoms with van der Waals surface area (Å²) in [5.41, 5.74) is 2.40. The molecule has 2 aromatic rings. The van der Waals surface area contributed by atoms with Crippen molar-refractivity contribution in [1.29, 1.82) is 0 Å². The second kappa shape index (κ2) is 5.15. The molecule has 18 heavy (non-hydrogen) atoms. The lowest BCUT2D eigenvalue weighted by Crippen LogP contribution is -2.41. The number of nitrogens with one attached hydrogen (secondary N) is 1. The molecule has 96 valence electrons. The molecule has 1 aliphatic carbocycles. The van der Waals surface area contributed by atoms with E-state index in [4.69, 9.17) is 4.42 Å². The van der Waals surface area contributed by atoms with Crippen LogP contribution < -0.4 is 5.32 Å². The van der Waals surface area contributed by atoms with Crippen LogP contribution in [0.15, 0.2) is 34.9 Å². The van der Waals surface area contributed by atoms with E-state index in [0.29, 0.717) is 6.04 Å². The Hall–Kier alpha value is -1.28. The van der Waals surface area contributed by atoms with Crippen LogP contribution in [0.5, 0.6) is 0 Å². The monoisotopic (exact) mass is 243 g/mol. The molecule has 0 bridgehead atoms. The number of hydrogen-bond donors (Lipinski definition) is 1. The number of hydrogen-bond acceptors (Lipinski definition) is 2. The molecule has 1 atom stereocenters. The molecule has 2 heteroatoms. The van der Waals surface area contributed by atoms with Gasteiger partial charge in [-0.2, -0.15) is 0 Å². The molecule has 0 aliphatic heterocycles. The third kappa shape index (κ3) is 2.30. The van der Waals surface area contributed by atoms with Gasteiger partial charge in [0.1, 0.15) is 5.58 Å². The van der Waals surface area contributed by atoms with Gasteiger partial charge in [0, 0.05) is 11.4 Å². The quantitative estimate of drug-likeness (QED) is 0.865. The molecule has 0 radical (unpaired) electrons. The SMILES string of the molecule is CCNC(Cc1ccc2ccoc2c1)C1CCC1. The third-order valence-electron chi connectivity index (χ3n) is 4.16. The zero-order valence-electron chi connectivity index (χ0n) is 11.0. The molecule has 0 spiro atoms. The molecule has 1 unspecified atom stereocenters. The van der Waals surface area contributed by atoms with E-state index in [2.05, 4.69) is 30.4 Å². The first kappa shape index (κ1) is 11.8. The summed E-state index contributed by atoms with van der Waals surface area (Å²) in [5, 5.41) is 4.84. The predicted octanol–water partition coefficient (Wildman–Crippen LogP) is 3.75. The van der Waals surface area contributed by atoms with Crippen LogP contribution in [0.1, 0.15) is 31.7 Å². The Morgan fingerprint density at radius 1 is 1.33 bits per heavy atom. The fourth-order valence-corrected chi connectivity index (χ4v) is 2.89. The molecular weight excluding hydrogens is 222 g/mol. The maximum Gasteiger partial charge on any atom is 0.134 e. The van der Waals surface area contributed by atoms with Crippen molar-refractivity contribution >= 4 is 11.0 Å². The zero-order valence-corrected chi connectivity index (χ0v) is 11.0. The molecule has 1 fully saturated rings. The van der Waals surface area contributed by atoms with Gasteiger partial charge in [-0.3, -0.25) is 0 Å². The fraction of sp³-hybridized carbons (Fsp3) is 0.500. The van der Waals surface area contributed by atoms with E-state index in [1.54, 1.807) is 6.26 Å². The first-order chi connectivity index (χ1) is 8.86. The predicted molar refractivity (Wildman–Crippen MR) is 74.7 cm³/mol. The molecule has 3 rings (SSSR count). The second-order valence-electron chi connectivity index (χ2n) is 5.35. The minimum atomic E-state index is 0.635. The minimum absolute atomic E-state index is 0.635. The Morgan fingerprint density at radius 2 is 2.22 bits per heavy atom. The van der Waals surface area contributed by atoms with Crippen LogP contribution in [0.2, 0.25) is 0 Å². The highest BCUT2D eigenvalue weighted by Gasteiger charge is 2.26.